The van der Waals surface area contributed by atoms with Crippen molar-refractivity contribution in [2.75, 3.05) is 13.1 Å². The third kappa shape index (κ3) is 4.34. The van der Waals surface area contributed by atoms with E-state index in [1.165, 1.54) is 0 Å². The van der Waals surface area contributed by atoms with Crippen LogP contribution >= 0.6 is 15.9 Å². The third-order valence-electron chi connectivity index (χ3n) is 3.39. The van der Waals surface area contributed by atoms with Gasteiger partial charge >= 0.3 is 0 Å². The summed E-state index contributed by atoms with van der Waals surface area (Å²) in [4.78, 5) is 0. The van der Waals surface area contributed by atoms with Crippen LogP contribution in [-0.4, -0.2) is 13.1 Å². The maximum absolute atomic E-state index is 13.5. The van der Waals surface area contributed by atoms with Gasteiger partial charge in [0.1, 0.15) is 5.82 Å². The maximum atomic E-state index is 13.5. The molecule has 0 aliphatic heterocycles. The Labute approximate surface area is 117 Å². The Morgan fingerprint density at radius 2 is 2.00 bits per heavy atom. The van der Waals surface area contributed by atoms with Crippen molar-refractivity contribution < 1.29 is 4.39 Å². The van der Waals surface area contributed by atoms with Gasteiger partial charge in [-0.2, -0.15) is 0 Å². The van der Waals surface area contributed by atoms with Gasteiger partial charge in [-0.25, -0.2) is 4.39 Å². The Morgan fingerprint density at radius 3 is 2.50 bits per heavy atom. The van der Waals surface area contributed by atoms with Gasteiger partial charge in [-0.15, -0.1) is 0 Å². The van der Waals surface area contributed by atoms with Gasteiger partial charge in [-0.05, 0) is 46.1 Å². The Bertz CT molecular complexity index is 367. The molecule has 0 heterocycles. The first-order chi connectivity index (χ1) is 8.62. The second kappa shape index (κ2) is 7.87. The van der Waals surface area contributed by atoms with E-state index in [0.29, 0.717) is 16.9 Å². The highest BCUT2D eigenvalue weighted by Gasteiger charge is 2.13. The van der Waals surface area contributed by atoms with Gasteiger partial charge in [-0.3, -0.25) is 0 Å². The average Bonchev–Trinajstić information content (AvgIpc) is 2.38. The monoisotopic (exact) mass is 316 g/mol. The molecule has 0 fully saturated rings. The molecule has 1 rings (SSSR count). The first-order valence-electron chi connectivity index (χ1n) is 6.50. The number of nitrogens with two attached hydrogens (primary N) is 1. The summed E-state index contributed by atoms with van der Waals surface area (Å²) < 4.78 is 14.0. The molecule has 2 nitrogen and oxygen atoms in total. The molecule has 18 heavy (non-hydrogen) atoms. The Kier molecular flexibility index (Phi) is 6.82. The molecule has 0 aliphatic rings. The number of nitrogens with one attached hydrogen (secondary N) is 1. The Balaban J connectivity index is 2.67. The van der Waals surface area contributed by atoms with Crippen LogP contribution in [0.1, 0.15) is 38.3 Å². The molecule has 3 N–H and O–H groups in total. The van der Waals surface area contributed by atoms with E-state index in [2.05, 4.69) is 35.1 Å². The lowest BCUT2D eigenvalue weighted by atomic mass is 10.0. The van der Waals surface area contributed by atoms with Crippen LogP contribution in [-0.2, 0) is 0 Å². The molecule has 1 aromatic carbocycles. The van der Waals surface area contributed by atoms with E-state index in [1.54, 1.807) is 12.1 Å². The van der Waals surface area contributed by atoms with E-state index in [1.807, 2.05) is 6.07 Å². The highest BCUT2D eigenvalue weighted by molar-refractivity contribution is 9.10. The summed E-state index contributed by atoms with van der Waals surface area (Å²) in [6, 6.07) is 5.20. The lowest BCUT2D eigenvalue weighted by molar-refractivity contribution is 0.413. The van der Waals surface area contributed by atoms with Gasteiger partial charge in [0.15, 0.2) is 0 Å². The molecule has 102 valence electrons. The number of hydrogen-bond donors (Lipinski definition) is 2. The zero-order chi connectivity index (χ0) is 13.5. The van der Waals surface area contributed by atoms with Crippen molar-refractivity contribution in [3.63, 3.8) is 0 Å². The normalized spacial score (nSPS) is 13.0. The van der Waals surface area contributed by atoms with Gasteiger partial charge in [0, 0.05) is 12.6 Å². The molecule has 0 aliphatic carbocycles. The minimum Gasteiger partial charge on any atom is -0.329 e. The van der Waals surface area contributed by atoms with E-state index in [9.17, 15) is 4.39 Å². The molecule has 0 saturated carbocycles. The number of rotatable bonds is 7. The van der Waals surface area contributed by atoms with E-state index >= 15 is 0 Å². The molecule has 0 bridgehead atoms. The number of hydrogen-bond acceptors (Lipinski definition) is 2. The van der Waals surface area contributed by atoms with Crippen LogP contribution in [0.25, 0.3) is 0 Å². The second-order valence-electron chi connectivity index (χ2n) is 4.55. The summed E-state index contributed by atoms with van der Waals surface area (Å²) >= 11 is 3.16. The maximum Gasteiger partial charge on any atom is 0.137 e. The summed E-state index contributed by atoms with van der Waals surface area (Å²) in [5, 5.41) is 3.43. The highest BCUT2D eigenvalue weighted by atomic mass is 79.9. The summed E-state index contributed by atoms with van der Waals surface area (Å²) in [7, 11) is 0. The fourth-order valence-corrected chi connectivity index (χ4v) is 2.20. The van der Waals surface area contributed by atoms with Gasteiger partial charge < -0.3 is 11.1 Å². The molecule has 0 spiro atoms. The van der Waals surface area contributed by atoms with Crippen molar-refractivity contribution in [1.29, 1.82) is 0 Å². The summed E-state index contributed by atoms with van der Waals surface area (Å²) in [6.45, 7) is 5.77. The van der Waals surface area contributed by atoms with Gasteiger partial charge in [-0.1, -0.05) is 32.8 Å². The molecule has 1 unspecified atom stereocenters. The molecular weight excluding hydrogens is 295 g/mol. The van der Waals surface area contributed by atoms with Crippen LogP contribution in [0.4, 0.5) is 4.39 Å². The minimum atomic E-state index is -0.240. The van der Waals surface area contributed by atoms with Crippen LogP contribution in [0, 0.1) is 11.7 Å². The predicted molar refractivity (Wildman–Crippen MR) is 78.0 cm³/mol. The van der Waals surface area contributed by atoms with Crippen LogP contribution < -0.4 is 11.1 Å². The van der Waals surface area contributed by atoms with Crippen molar-refractivity contribution in [2.24, 2.45) is 11.7 Å². The first kappa shape index (κ1) is 15.6. The van der Waals surface area contributed by atoms with Gasteiger partial charge in [0.2, 0.25) is 0 Å². The molecule has 0 saturated heterocycles. The topological polar surface area (TPSA) is 38.0 Å². The van der Waals surface area contributed by atoms with Crippen LogP contribution in [0.2, 0.25) is 0 Å². The quantitative estimate of drug-likeness (QED) is 0.806. The van der Waals surface area contributed by atoms with Gasteiger partial charge in [0.25, 0.3) is 0 Å². The zero-order valence-electron chi connectivity index (χ0n) is 11.0. The molecular formula is C14H22BrFN2. The zero-order valence-corrected chi connectivity index (χ0v) is 12.6. The third-order valence-corrected chi connectivity index (χ3v) is 4.03. The molecule has 1 atom stereocenters. The largest absolute Gasteiger partial charge is 0.329 e. The van der Waals surface area contributed by atoms with Crippen molar-refractivity contribution >= 4 is 15.9 Å². The number of halogens is 2. The highest BCUT2D eigenvalue weighted by Crippen LogP contribution is 2.20. The van der Waals surface area contributed by atoms with Gasteiger partial charge in [0.05, 0.1) is 4.47 Å². The first-order valence-corrected chi connectivity index (χ1v) is 7.30. The summed E-state index contributed by atoms with van der Waals surface area (Å²) in [5.41, 5.74) is 6.67. The van der Waals surface area contributed by atoms with Crippen molar-refractivity contribution in [1.82, 2.24) is 5.32 Å². The van der Waals surface area contributed by atoms with Crippen molar-refractivity contribution in [3.8, 4) is 0 Å². The molecule has 0 amide bonds. The van der Waals surface area contributed by atoms with E-state index < -0.39 is 0 Å². The molecule has 0 radical (unpaired) electrons. The average molecular weight is 317 g/mol. The molecule has 1 aromatic rings. The smallest absolute Gasteiger partial charge is 0.137 e. The lowest BCUT2D eigenvalue weighted by Gasteiger charge is -2.21. The number of benzene rings is 1. The molecule has 4 heteroatoms. The minimum absolute atomic E-state index is 0.0215. The SMILES string of the molecule is CCC(CC)CNC(CN)c1ccc(Br)c(F)c1. The fraction of sp³-hybridized carbons (Fsp3) is 0.571. The molecule has 0 aromatic heterocycles. The summed E-state index contributed by atoms with van der Waals surface area (Å²) in [6.07, 6.45) is 2.30. The van der Waals surface area contributed by atoms with Crippen molar-refractivity contribution in [2.45, 2.75) is 32.7 Å². The summed E-state index contributed by atoms with van der Waals surface area (Å²) in [5.74, 6) is 0.412. The Morgan fingerprint density at radius 1 is 1.33 bits per heavy atom. The second-order valence-corrected chi connectivity index (χ2v) is 5.41. The van der Waals surface area contributed by atoms with Crippen LogP contribution in [0.3, 0.4) is 0 Å². The predicted octanol–water partition coefficient (Wildman–Crippen LogP) is 3.61. The standard InChI is InChI=1S/C14H22BrFN2/c1-3-10(4-2)9-18-14(8-17)11-5-6-12(15)13(16)7-11/h5-7,10,14,18H,3-4,8-9,17H2,1-2H3. The lowest BCUT2D eigenvalue weighted by Crippen LogP contribution is -2.32. The van der Waals surface area contributed by atoms with Crippen molar-refractivity contribution in [3.05, 3.63) is 34.1 Å². The van der Waals surface area contributed by atoms with Crippen LogP contribution in [0.5, 0.6) is 0 Å². The Hall–Kier alpha value is -0.450. The van der Waals surface area contributed by atoms with Crippen LogP contribution in [0.15, 0.2) is 22.7 Å². The van der Waals surface area contributed by atoms with E-state index in [4.69, 9.17) is 5.73 Å². The van der Waals surface area contributed by atoms with E-state index in [-0.39, 0.29) is 11.9 Å². The fourth-order valence-electron chi connectivity index (χ4n) is 1.95. The van der Waals surface area contributed by atoms with E-state index in [0.717, 1.165) is 24.9 Å².